The molecule has 0 unspecified atom stereocenters. The van der Waals surface area contributed by atoms with Gasteiger partial charge in [-0.3, -0.25) is 4.79 Å². The van der Waals surface area contributed by atoms with Gasteiger partial charge in [-0.1, -0.05) is 19.7 Å². The van der Waals surface area contributed by atoms with E-state index in [9.17, 15) is 19.2 Å². The highest BCUT2D eigenvalue weighted by atomic mass is 32.1. The second-order valence-corrected chi connectivity index (χ2v) is 5.52. The van der Waals surface area contributed by atoms with E-state index in [1.807, 2.05) is 0 Å². The van der Waals surface area contributed by atoms with E-state index in [0.717, 1.165) is 18.2 Å². The van der Waals surface area contributed by atoms with Crippen LogP contribution in [0.25, 0.3) is 0 Å². The summed E-state index contributed by atoms with van der Waals surface area (Å²) in [5.41, 5.74) is -1.32. The van der Waals surface area contributed by atoms with E-state index in [1.165, 1.54) is 0 Å². The summed E-state index contributed by atoms with van der Waals surface area (Å²) in [6.45, 7) is 8.39. The molecule has 0 aromatic heterocycles. The van der Waals surface area contributed by atoms with E-state index in [0.29, 0.717) is 0 Å². The van der Waals surface area contributed by atoms with E-state index in [1.54, 1.807) is 0 Å². The highest BCUT2D eigenvalue weighted by Crippen LogP contribution is 2.22. The Hall–Kier alpha value is -2.55. The lowest BCUT2D eigenvalue weighted by Gasteiger charge is -2.31. The molecule has 0 saturated carbocycles. The lowest BCUT2D eigenvalue weighted by atomic mass is 9.92. The molecular weight excluding hydrogens is 364 g/mol. The van der Waals surface area contributed by atoms with Crippen molar-refractivity contribution < 1.29 is 38.1 Å². The molecule has 0 aromatic rings. The summed E-state index contributed by atoms with van der Waals surface area (Å²) in [7, 11) is 0. The summed E-state index contributed by atoms with van der Waals surface area (Å²) in [5.74, 6) is -2.54. The van der Waals surface area contributed by atoms with Crippen LogP contribution in [0, 0.1) is 5.41 Å². The molecule has 0 aliphatic carbocycles. The first-order chi connectivity index (χ1) is 12.3. The number of carbonyl (C=O) groups is 4. The molecule has 144 valence electrons. The molecule has 26 heavy (non-hydrogen) atoms. The lowest BCUT2D eigenvalue weighted by molar-refractivity contribution is -0.165. The summed E-state index contributed by atoms with van der Waals surface area (Å²) in [5, 5.41) is 0. The van der Waals surface area contributed by atoms with Gasteiger partial charge in [0.2, 0.25) is 0 Å². The molecule has 0 aromatic carbocycles. The number of rotatable bonds is 13. The second-order valence-electron chi connectivity index (χ2n) is 5.07. The van der Waals surface area contributed by atoms with Crippen LogP contribution in [0.3, 0.4) is 0 Å². The van der Waals surface area contributed by atoms with Gasteiger partial charge in [0.05, 0.1) is 6.42 Å². The highest BCUT2D eigenvalue weighted by Gasteiger charge is 2.37. The minimum absolute atomic E-state index is 0.0462. The summed E-state index contributed by atoms with van der Waals surface area (Å²) >= 11 is 3.93. The van der Waals surface area contributed by atoms with Gasteiger partial charge in [0.25, 0.3) is 0 Å². The van der Waals surface area contributed by atoms with Crippen LogP contribution >= 0.6 is 12.6 Å². The second kappa shape index (κ2) is 12.8. The van der Waals surface area contributed by atoms with Crippen LogP contribution in [0.4, 0.5) is 0 Å². The Bertz CT molecular complexity index is 495. The standard InChI is InChI=1S/C17H22O8S/c1-4-13(18)22-9-17(10-23-14(19)5-2,11-24-15(20)6-3)12-25-16(21)7-8-26/h4-6,26H,1-3,7-12H2. The Morgan fingerprint density at radius 3 is 1.38 bits per heavy atom. The first kappa shape index (κ1) is 23.4. The predicted octanol–water partition coefficient (Wildman–Crippen LogP) is 1.02. The summed E-state index contributed by atoms with van der Waals surface area (Å²) in [6, 6.07) is 0. The van der Waals surface area contributed by atoms with Crippen LogP contribution in [0.1, 0.15) is 6.42 Å². The van der Waals surface area contributed by atoms with E-state index < -0.39 is 29.3 Å². The first-order valence-electron chi connectivity index (χ1n) is 7.46. The molecule has 0 bridgehead atoms. The van der Waals surface area contributed by atoms with Gasteiger partial charge >= 0.3 is 23.9 Å². The average molecular weight is 386 g/mol. The first-order valence-corrected chi connectivity index (χ1v) is 8.09. The van der Waals surface area contributed by atoms with Gasteiger partial charge in [-0.05, 0) is 0 Å². The number of ether oxygens (including phenoxy) is 4. The van der Waals surface area contributed by atoms with E-state index >= 15 is 0 Å². The van der Waals surface area contributed by atoms with Gasteiger partial charge in [-0.15, -0.1) is 0 Å². The largest absolute Gasteiger partial charge is 0.465 e. The Morgan fingerprint density at radius 1 is 0.731 bits per heavy atom. The monoisotopic (exact) mass is 386 g/mol. The van der Waals surface area contributed by atoms with Gasteiger partial charge in [-0.25, -0.2) is 14.4 Å². The molecule has 0 aliphatic rings. The zero-order valence-electron chi connectivity index (χ0n) is 14.3. The molecule has 0 atom stereocenters. The van der Waals surface area contributed by atoms with Gasteiger partial charge in [0.1, 0.15) is 31.8 Å². The quantitative estimate of drug-likeness (QED) is 0.217. The molecule has 0 fully saturated rings. The number of thiol groups is 1. The number of hydrogen-bond acceptors (Lipinski definition) is 9. The molecule has 8 nitrogen and oxygen atoms in total. The smallest absolute Gasteiger partial charge is 0.330 e. The van der Waals surface area contributed by atoms with Crippen LogP contribution in [-0.2, 0) is 38.1 Å². The predicted molar refractivity (Wildman–Crippen MR) is 95.3 cm³/mol. The van der Waals surface area contributed by atoms with Crippen molar-refractivity contribution in [3.05, 3.63) is 38.0 Å². The maximum absolute atomic E-state index is 11.6. The maximum Gasteiger partial charge on any atom is 0.330 e. The van der Waals surface area contributed by atoms with Crippen molar-refractivity contribution in [2.24, 2.45) is 5.41 Å². The Labute approximate surface area is 157 Å². The maximum atomic E-state index is 11.6. The van der Waals surface area contributed by atoms with E-state index in [4.69, 9.17) is 18.9 Å². The molecule has 9 heteroatoms. The molecule has 0 spiro atoms. The minimum Gasteiger partial charge on any atom is -0.465 e. The number of hydrogen-bond donors (Lipinski definition) is 1. The van der Waals surface area contributed by atoms with Crippen LogP contribution in [0.15, 0.2) is 38.0 Å². The SMILES string of the molecule is C=CC(=O)OCC(COC(=O)C=C)(COC(=O)C=C)COC(=O)CCS. The lowest BCUT2D eigenvalue weighted by Crippen LogP contribution is -2.43. The molecule has 0 heterocycles. The Kier molecular flexibility index (Phi) is 11.5. The fourth-order valence-electron chi connectivity index (χ4n) is 1.50. The topological polar surface area (TPSA) is 105 Å². The van der Waals surface area contributed by atoms with Crippen LogP contribution in [-0.4, -0.2) is 56.1 Å². The summed E-state index contributed by atoms with van der Waals surface area (Å²) in [6.07, 6.45) is 2.85. The Balaban J connectivity index is 5.34. The van der Waals surface area contributed by atoms with Crippen molar-refractivity contribution in [2.75, 3.05) is 32.2 Å². The molecule has 0 amide bonds. The zero-order chi connectivity index (χ0) is 20.0. The fraction of sp³-hybridized carbons (Fsp3) is 0.412. The Morgan fingerprint density at radius 2 is 1.08 bits per heavy atom. The molecule has 0 radical (unpaired) electrons. The average Bonchev–Trinajstić information content (AvgIpc) is 2.65. The minimum atomic E-state index is -1.32. The zero-order valence-corrected chi connectivity index (χ0v) is 15.2. The molecule has 0 rings (SSSR count). The number of carbonyl (C=O) groups excluding carboxylic acids is 4. The van der Waals surface area contributed by atoms with Crippen LogP contribution in [0.5, 0.6) is 0 Å². The van der Waals surface area contributed by atoms with Gasteiger partial charge < -0.3 is 18.9 Å². The van der Waals surface area contributed by atoms with E-state index in [-0.39, 0.29) is 38.6 Å². The normalized spacial score (nSPS) is 10.2. The molecule has 0 N–H and O–H groups in total. The van der Waals surface area contributed by atoms with Gasteiger partial charge in [0.15, 0.2) is 0 Å². The number of esters is 4. The van der Waals surface area contributed by atoms with Crippen LogP contribution < -0.4 is 0 Å². The fourth-order valence-corrected chi connectivity index (χ4v) is 1.68. The van der Waals surface area contributed by atoms with Crippen LogP contribution in [0.2, 0.25) is 0 Å². The van der Waals surface area contributed by atoms with Crippen molar-refractivity contribution in [1.82, 2.24) is 0 Å². The van der Waals surface area contributed by atoms with E-state index in [2.05, 4.69) is 32.4 Å². The molecule has 0 saturated heterocycles. The third-order valence-corrected chi connectivity index (χ3v) is 3.14. The van der Waals surface area contributed by atoms with Crippen molar-refractivity contribution in [2.45, 2.75) is 6.42 Å². The third kappa shape index (κ3) is 9.67. The summed E-state index contributed by atoms with van der Waals surface area (Å²) in [4.78, 5) is 45.8. The van der Waals surface area contributed by atoms with Gasteiger partial charge in [0, 0.05) is 24.0 Å². The molecular formula is C17H22O8S. The van der Waals surface area contributed by atoms with Crippen molar-refractivity contribution in [3.63, 3.8) is 0 Å². The van der Waals surface area contributed by atoms with Crippen molar-refractivity contribution in [3.8, 4) is 0 Å². The third-order valence-electron chi connectivity index (χ3n) is 2.92. The van der Waals surface area contributed by atoms with Crippen molar-refractivity contribution in [1.29, 1.82) is 0 Å². The summed E-state index contributed by atoms with van der Waals surface area (Å²) < 4.78 is 20.1. The van der Waals surface area contributed by atoms with Gasteiger partial charge in [-0.2, -0.15) is 12.6 Å². The molecule has 0 aliphatic heterocycles. The highest BCUT2D eigenvalue weighted by molar-refractivity contribution is 7.80. The van der Waals surface area contributed by atoms with Crippen molar-refractivity contribution >= 4 is 36.5 Å².